The molecule has 1 amide bonds. The number of ether oxygens (including phenoxy) is 2. The topological polar surface area (TPSA) is 77.0 Å². The molecule has 8 heteroatoms. The van der Waals surface area contributed by atoms with Crippen molar-refractivity contribution in [2.45, 2.75) is 13.3 Å². The zero-order valence-electron chi connectivity index (χ0n) is 14.6. The van der Waals surface area contributed by atoms with Gasteiger partial charge in [0.15, 0.2) is 6.61 Å². The van der Waals surface area contributed by atoms with Gasteiger partial charge in [0.1, 0.15) is 5.75 Å². The molecule has 0 fully saturated rings. The van der Waals surface area contributed by atoms with Crippen molar-refractivity contribution in [2.75, 3.05) is 13.2 Å². The summed E-state index contributed by atoms with van der Waals surface area (Å²) in [7, 11) is 0. The summed E-state index contributed by atoms with van der Waals surface area (Å²) in [5.74, 6) is -0.398. The lowest BCUT2D eigenvalue weighted by Gasteiger charge is -2.06. The fraction of sp³-hybridized carbons (Fsp3) is 0.211. The highest BCUT2D eigenvalue weighted by molar-refractivity contribution is 6.43. The minimum absolute atomic E-state index is 0.236. The first-order valence-electron chi connectivity index (χ1n) is 8.17. The van der Waals surface area contributed by atoms with Crippen LogP contribution in [0.15, 0.2) is 47.6 Å². The summed E-state index contributed by atoms with van der Waals surface area (Å²) in [5, 5.41) is 4.57. The summed E-state index contributed by atoms with van der Waals surface area (Å²) in [6.45, 7) is 2.06. The van der Waals surface area contributed by atoms with Gasteiger partial charge in [0, 0.05) is 5.56 Å². The molecule has 6 nitrogen and oxygen atoms in total. The number of carbonyl (C=O) groups is 2. The minimum atomic E-state index is -0.448. The van der Waals surface area contributed by atoms with Gasteiger partial charge in [0.2, 0.25) is 0 Å². The highest BCUT2D eigenvalue weighted by atomic mass is 35.5. The predicted molar refractivity (Wildman–Crippen MR) is 105 cm³/mol. The van der Waals surface area contributed by atoms with Crippen LogP contribution in [0.1, 0.15) is 29.3 Å². The van der Waals surface area contributed by atoms with Crippen molar-refractivity contribution in [3.05, 3.63) is 63.6 Å². The van der Waals surface area contributed by atoms with Gasteiger partial charge in [-0.2, -0.15) is 5.10 Å². The minimum Gasteiger partial charge on any atom is -0.484 e. The first kappa shape index (κ1) is 20.7. The summed E-state index contributed by atoms with van der Waals surface area (Å²) < 4.78 is 10.4. The number of rotatable bonds is 8. The van der Waals surface area contributed by atoms with Gasteiger partial charge >= 0.3 is 5.97 Å². The second-order valence-corrected chi connectivity index (χ2v) is 6.17. The molecular formula is C19H18Cl2N2O4. The number of hydrogen-bond donors (Lipinski definition) is 1. The Labute approximate surface area is 167 Å². The van der Waals surface area contributed by atoms with E-state index in [1.807, 2.05) is 6.92 Å². The second kappa shape index (κ2) is 10.5. The molecule has 27 heavy (non-hydrogen) atoms. The molecule has 0 aliphatic carbocycles. The maximum atomic E-state index is 11.8. The fourth-order valence-electron chi connectivity index (χ4n) is 1.94. The Kier molecular flexibility index (Phi) is 8.10. The lowest BCUT2D eigenvalue weighted by molar-refractivity contribution is -0.123. The van der Waals surface area contributed by atoms with E-state index in [0.29, 0.717) is 33.5 Å². The van der Waals surface area contributed by atoms with E-state index in [-0.39, 0.29) is 6.61 Å². The van der Waals surface area contributed by atoms with Gasteiger partial charge in [-0.3, -0.25) is 4.79 Å². The van der Waals surface area contributed by atoms with Crippen molar-refractivity contribution in [2.24, 2.45) is 5.10 Å². The maximum absolute atomic E-state index is 11.8. The van der Waals surface area contributed by atoms with Crippen LogP contribution in [0.25, 0.3) is 0 Å². The second-order valence-electron chi connectivity index (χ2n) is 5.39. The monoisotopic (exact) mass is 408 g/mol. The Hall–Kier alpha value is -2.57. The molecule has 0 aromatic heterocycles. The normalized spacial score (nSPS) is 10.6. The van der Waals surface area contributed by atoms with Gasteiger partial charge in [-0.1, -0.05) is 42.3 Å². The number of benzene rings is 2. The molecule has 0 radical (unpaired) electrons. The van der Waals surface area contributed by atoms with Crippen molar-refractivity contribution in [1.82, 2.24) is 5.43 Å². The zero-order valence-corrected chi connectivity index (χ0v) is 16.1. The van der Waals surface area contributed by atoms with Crippen LogP contribution in [0.2, 0.25) is 10.0 Å². The lowest BCUT2D eigenvalue weighted by atomic mass is 10.2. The highest BCUT2D eigenvalue weighted by Gasteiger charge is 2.07. The van der Waals surface area contributed by atoms with E-state index in [1.54, 1.807) is 42.5 Å². The number of nitrogens with one attached hydrogen (secondary N) is 1. The molecular weight excluding hydrogens is 391 g/mol. The van der Waals surface area contributed by atoms with Crippen molar-refractivity contribution in [3.63, 3.8) is 0 Å². The molecule has 0 spiro atoms. The number of esters is 1. The molecule has 0 atom stereocenters. The highest BCUT2D eigenvalue weighted by Crippen LogP contribution is 2.24. The molecule has 142 valence electrons. The van der Waals surface area contributed by atoms with Gasteiger partial charge in [-0.05, 0) is 36.8 Å². The number of carbonyl (C=O) groups excluding carboxylic acids is 2. The number of amides is 1. The molecule has 0 aliphatic rings. The van der Waals surface area contributed by atoms with Gasteiger partial charge < -0.3 is 9.47 Å². The van der Waals surface area contributed by atoms with Gasteiger partial charge in [0.05, 0.1) is 28.4 Å². The molecule has 0 unspecified atom stereocenters. The SMILES string of the molecule is CCCOC(=O)c1ccc(OCC(=O)N/N=C/c2cccc(Cl)c2Cl)cc1. The molecule has 2 rings (SSSR count). The summed E-state index contributed by atoms with van der Waals surface area (Å²) in [6, 6.07) is 11.4. The Morgan fingerprint density at radius 3 is 2.59 bits per heavy atom. The Bertz CT molecular complexity index is 823. The fourth-order valence-corrected chi connectivity index (χ4v) is 2.30. The van der Waals surface area contributed by atoms with Crippen LogP contribution in [0.4, 0.5) is 0 Å². The van der Waals surface area contributed by atoms with Crippen molar-refractivity contribution < 1.29 is 19.1 Å². The predicted octanol–water partition coefficient (Wildman–Crippen LogP) is 4.09. The molecule has 2 aromatic carbocycles. The van der Waals surface area contributed by atoms with E-state index in [0.717, 1.165) is 6.42 Å². The van der Waals surface area contributed by atoms with Gasteiger partial charge in [-0.15, -0.1) is 0 Å². The van der Waals surface area contributed by atoms with Crippen LogP contribution in [-0.4, -0.2) is 31.3 Å². The summed E-state index contributed by atoms with van der Waals surface area (Å²) in [6.07, 6.45) is 2.15. The number of hydrazone groups is 1. The van der Waals surface area contributed by atoms with Crippen LogP contribution in [0.3, 0.4) is 0 Å². The van der Waals surface area contributed by atoms with Crippen LogP contribution < -0.4 is 10.2 Å². The largest absolute Gasteiger partial charge is 0.484 e. The van der Waals surface area contributed by atoms with E-state index in [9.17, 15) is 9.59 Å². The number of hydrogen-bond acceptors (Lipinski definition) is 5. The Morgan fingerprint density at radius 2 is 1.89 bits per heavy atom. The van der Waals surface area contributed by atoms with E-state index in [1.165, 1.54) is 6.21 Å². The van der Waals surface area contributed by atoms with Crippen LogP contribution in [-0.2, 0) is 9.53 Å². The van der Waals surface area contributed by atoms with E-state index >= 15 is 0 Å². The first-order valence-corrected chi connectivity index (χ1v) is 8.92. The van der Waals surface area contributed by atoms with E-state index < -0.39 is 11.9 Å². The van der Waals surface area contributed by atoms with E-state index in [4.69, 9.17) is 32.7 Å². The standard InChI is InChI=1S/C19H18Cl2N2O4/c1-2-10-26-19(25)13-6-8-15(9-7-13)27-12-17(24)23-22-11-14-4-3-5-16(20)18(14)21/h3-9,11H,2,10,12H2,1H3,(H,23,24)/b22-11+. The third-order valence-electron chi connectivity index (χ3n) is 3.27. The van der Waals surface area contributed by atoms with Crippen molar-refractivity contribution in [1.29, 1.82) is 0 Å². The zero-order chi connectivity index (χ0) is 19.6. The van der Waals surface area contributed by atoms with E-state index in [2.05, 4.69) is 10.5 Å². The summed E-state index contributed by atoms with van der Waals surface area (Å²) >= 11 is 11.9. The van der Waals surface area contributed by atoms with Gasteiger partial charge in [-0.25, -0.2) is 10.2 Å². The molecule has 0 aliphatic heterocycles. The number of nitrogens with zero attached hydrogens (tertiary/aromatic N) is 1. The maximum Gasteiger partial charge on any atom is 0.338 e. The third kappa shape index (κ3) is 6.58. The van der Waals surface area contributed by atoms with Crippen molar-refractivity contribution in [3.8, 4) is 5.75 Å². The third-order valence-corrected chi connectivity index (χ3v) is 4.11. The average Bonchev–Trinajstić information content (AvgIpc) is 2.68. The average molecular weight is 409 g/mol. The smallest absolute Gasteiger partial charge is 0.338 e. The first-order chi connectivity index (χ1) is 13.0. The molecule has 1 N–H and O–H groups in total. The molecule has 2 aromatic rings. The lowest BCUT2D eigenvalue weighted by Crippen LogP contribution is -2.24. The molecule has 0 heterocycles. The Balaban J connectivity index is 1.80. The molecule has 0 bridgehead atoms. The van der Waals surface area contributed by atoms with Crippen molar-refractivity contribution >= 4 is 41.3 Å². The molecule has 0 saturated carbocycles. The van der Waals surface area contributed by atoms with Crippen LogP contribution in [0.5, 0.6) is 5.75 Å². The van der Waals surface area contributed by atoms with Crippen LogP contribution >= 0.6 is 23.2 Å². The van der Waals surface area contributed by atoms with Crippen LogP contribution in [0, 0.1) is 0 Å². The number of halogens is 2. The molecule has 0 saturated heterocycles. The van der Waals surface area contributed by atoms with Gasteiger partial charge in [0.25, 0.3) is 5.91 Å². The Morgan fingerprint density at radius 1 is 1.15 bits per heavy atom. The summed E-state index contributed by atoms with van der Waals surface area (Å²) in [4.78, 5) is 23.5. The summed E-state index contributed by atoms with van der Waals surface area (Å²) in [5.41, 5.74) is 3.33. The quantitative estimate of drug-likeness (QED) is 0.405.